The van der Waals surface area contributed by atoms with E-state index in [9.17, 15) is 9.59 Å². The highest BCUT2D eigenvalue weighted by molar-refractivity contribution is 5.98. The molecule has 2 fully saturated rings. The largest absolute Gasteiger partial charge is 0.339 e. The van der Waals surface area contributed by atoms with Gasteiger partial charge in [-0.2, -0.15) is 0 Å². The third-order valence-electron chi connectivity index (χ3n) is 5.78. The highest BCUT2D eigenvalue weighted by Gasteiger charge is 2.25. The number of piperazine rings is 1. The van der Waals surface area contributed by atoms with Crippen LogP contribution in [-0.2, 0) is 6.54 Å². The third-order valence-corrected chi connectivity index (χ3v) is 5.78. The summed E-state index contributed by atoms with van der Waals surface area (Å²) in [7, 11) is 0. The average Bonchev–Trinajstić information content (AvgIpc) is 2.80. The van der Waals surface area contributed by atoms with Crippen molar-refractivity contribution in [3.63, 3.8) is 0 Å². The Morgan fingerprint density at radius 3 is 2.21 bits per heavy atom. The van der Waals surface area contributed by atoms with Crippen molar-refractivity contribution < 1.29 is 9.59 Å². The summed E-state index contributed by atoms with van der Waals surface area (Å²) in [5.74, 6) is -0.0773. The normalized spacial score (nSPS) is 17.9. The number of benzene rings is 1. The van der Waals surface area contributed by atoms with Gasteiger partial charge in [-0.25, -0.2) is 0 Å². The molecule has 0 atom stereocenters. The number of aromatic nitrogens is 1. The van der Waals surface area contributed by atoms with Gasteiger partial charge in [0, 0.05) is 57.6 Å². The zero-order valence-electron chi connectivity index (χ0n) is 16.8. The number of carbonyl (C=O) groups excluding carboxylic acids is 2. The quantitative estimate of drug-likeness (QED) is 0.803. The second-order valence-corrected chi connectivity index (χ2v) is 7.84. The molecule has 29 heavy (non-hydrogen) atoms. The summed E-state index contributed by atoms with van der Waals surface area (Å²) in [6.07, 6.45) is 4.86. The van der Waals surface area contributed by atoms with Crippen LogP contribution in [0.25, 0.3) is 0 Å². The van der Waals surface area contributed by atoms with Crippen LogP contribution >= 0.6 is 0 Å². The standard InChI is InChI=1S/C23H28N4O2/c28-22(26-11-5-2-6-12-26)20-9-10-24-21(17-20)23(29)27-15-13-25(14-16-27)18-19-7-3-1-4-8-19/h1,3-4,7-10,17H,2,5-6,11-16,18H2. The van der Waals surface area contributed by atoms with E-state index in [-0.39, 0.29) is 11.8 Å². The fraction of sp³-hybridized carbons (Fsp3) is 0.435. The van der Waals surface area contributed by atoms with Crippen molar-refractivity contribution in [3.05, 3.63) is 65.5 Å². The molecule has 0 unspecified atom stereocenters. The molecule has 0 N–H and O–H groups in total. The van der Waals surface area contributed by atoms with Crippen LogP contribution in [0.1, 0.15) is 45.7 Å². The van der Waals surface area contributed by atoms with Crippen molar-refractivity contribution in [2.24, 2.45) is 0 Å². The molecule has 0 aliphatic carbocycles. The van der Waals surface area contributed by atoms with Crippen LogP contribution in [0.15, 0.2) is 48.7 Å². The summed E-state index contributed by atoms with van der Waals surface area (Å²) in [6, 6.07) is 13.8. The Bertz CT molecular complexity index is 841. The van der Waals surface area contributed by atoms with Crippen LogP contribution in [0.3, 0.4) is 0 Å². The van der Waals surface area contributed by atoms with Gasteiger partial charge in [0.15, 0.2) is 0 Å². The van der Waals surface area contributed by atoms with Gasteiger partial charge in [0.1, 0.15) is 5.69 Å². The molecule has 1 aromatic heterocycles. The molecular formula is C23H28N4O2. The van der Waals surface area contributed by atoms with Gasteiger partial charge in [0.05, 0.1) is 0 Å². The first kappa shape index (κ1) is 19.6. The molecule has 2 amide bonds. The number of rotatable bonds is 4. The van der Waals surface area contributed by atoms with E-state index in [1.54, 1.807) is 18.3 Å². The van der Waals surface area contributed by atoms with Crippen LogP contribution < -0.4 is 0 Å². The number of piperidine rings is 1. The van der Waals surface area contributed by atoms with E-state index < -0.39 is 0 Å². The lowest BCUT2D eigenvalue weighted by Gasteiger charge is -2.34. The summed E-state index contributed by atoms with van der Waals surface area (Å²) in [5, 5.41) is 0. The van der Waals surface area contributed by atoms with E-state index in [0.29, 0.717) is 24.3 Å². The lowest BCUT2D eigenvalue weighted by Crippen LogP contribution is -2.48. The summed E-state index contributed by atoms with van der Waals surface area (Å²) in [4.78, 5) is 36.0. The van der Waals surface area contributed by atoms with E-state index in [0.717, 1.165) is 45.6 Å². The summed E-state index contributed by atoms with van der Waals surface area (Å²) < 4.78 is 0. The fourth-order valence-corrected chi connectivity index (χ4v) is 4.07. The molecule has 152 valence electrons. The summed E-state index contributed by atoms with van der Waals surface area (Å²) >= 11 is 0. The van der Waals surface area contributed by atoms with Gasteiger partial charge in [-0.3, -0.25) is 19.5 Å². The molecule has 0 bridgehead atoms. The van der Waals surface area contributed by atoms with Gasteiger partial charge in [0.25, 0.3) is 11.8 Å². The second kappa shape index (κ2) is 9.18. The first-order valence-corrected chi connectivity index (χ1v) is 10.5. The van der Waals surface area contributed by atoms with Gasteiger partial charge in [-0.05, 0) is 37.0 Å². The first-order valence-electron chi connectivity index (χ1n) is 10.5. The second-order valence-electron chi connectivity index (χ2n) is 7.84. The minimum atomic E-state index is -0.0855. The van der Waals surface area contributed by atoms with E-state index in [1.807, 2.05) is 15.9 Å². The lowest BCUT2D eigenvalue weighted by molar-refractivity contribution is 0.0622. The van der Waals surface area contributed by atoms with Crippen molar-refractivity contribution in [2.45, 2.75) is 25.8 Å². The van der Waals surface area contributed by atoms with Crippen LogP contribution in [0.5, 0.6) is 0 Å². The fourth-order valence-electron chi connectivity index (χ4n) is 4.07. The lowest BCUT2D eigenvalue weighted by atomic mass is 10.1. The van der Waals surface area contributed by atoms with E-state index in [2.05, 4.69) is 34.1 Å². The molecular weight excluding hydrogens is 364 g/mol. The van der Waals surface area contributed by atoms with Crippen molar-refractivity contribution in [1.82, 2.24) is 19.7 Å². The smallest absolute Gasteiger partial charge is 0.272 e. The van der Waals surface area contributed by atoms with Crippen molar-refractivity contribution >= 4 is 11.8 Å². The van der Waals surface area contributed by atoms with Gasteiger partial charge in [-0.1, -0.05) is 30.3 Å². The maximum Gasteiger partial charge on any atom is 0.272 e. The molecule has 0 saturated carbocycles. The summed E-state index contributed by atoms with van der Waals surface area (Å²) in [6.45, 7) is 5.54. The maximum atomic E-state index is 12.9. The number of likely N-dealkylation sites (tertiary alicyclic amines) is 1. The van der Waals surface area contributed by atoms with Gasteiger partial charge in [-0.15, -0.1) is 0 Å². The maximum absolute atomic E-state index is 12.9. The number of carbonyl (C=O) groups is 2. The molecule has 6 heteroatoms. The number of hydrogen-bond donors (Lipinski definition) is 0. The highest BCUT2D eigenvalue weighted by atomic mass is 16.2. The van der Waals surface area contributed by atoms with Gasteiger partial charge < -0.3 is 9.80 Å². The zero-order valence-corrected chi connectivity index (χ0v) is 16.8. The molecule has 2 aliphatic rings. The first-order chi connectivity index (χ1) is 14.2. The number of amides is 2. The van der Waals surface area contributed by atoms with E-state index >= 15 is 0 Å². The van der Waals surface area contributed by atoms with E-state index in [1.165, 1.54) is 12.0 Å². The molecule has 4 rings (SSSR count). The predicted octanol–water partition coefficient (Wildman–Crippen LogP) is 2.67. The highest BCUT2D eigenvalue weighted by Crippen LogP contribution is 2.15. The Labute approximate surface area is 172 Å². The molecule has 6 nitrogen and oxygen atoms in total. The third kappa shape index (κ3) is 4.82. The average molecular weight is 393 g/mol. The molecule has 1 aromatic carbocycles. The molecule has 3 heterocycles. The minimum absolute atomic E-state index is 0.00818. The Kier molecular flexibility index (Phi) is 6.20. The molecule has 0 spiro atoms. The van der Waals surface area contributed by atoms with Gasteiger partial charge >= 0.3 is 0 Å². The topological polar surface area (TPSA) is 56.8 Å². The van der Waals surface area contributed by atoms with Crippen LogP contribution in [-0.4, -0.2) is 70.8 Å². The Morgan fingerprint density at radius 1 is 0.793 bits per heavy atom. The Hall–Kier alpha value is -2.73. The van der Waals surface area contributed by atoms with Crippen molar-refractivity contribution in [3.8, 4) is 0 Å². The molecule has 0 radical (unpaired) electrons. The van der Waals surface area contributed by atoms with Crippen LogP contribution in [0, 0.1) is 0 Å². The Balaban J connectivity index is 1.35. The SMILES string of the molecule is O=C(c1ccnc(C(=O)N2CCN(Cc3ccccc3)CC2)c1)N1CCCCC1. The molecule has 2 aliphatic heterocycles. The Morgan fingerprint density at radius 2 is 1.48 bits per heavy atom. The van der Waals surface area contributed by atoms with E-state index in [4.69, 9.17) is 0 Å². The van der Waals surface area contributed by atoms with Crippen molar-refractivity contribution in [2.75, 3.05) is 39.3 Å². The van der Waals surface area contributed by atoms with Crippen LogP contribution in [0.2, 0.25) is 0 Å². The van der Waals surface area contributed by atoms with Crippen molar-refractivity contribution in [1.29, 1.82) is 0 Å². The monoisotopic (exact) mass is 392 g/mol. The molecule has 2 aromatic rings. The summed E-state index contributed by atoms with van der Waals surface area (Å²) in [5.41, 5.74) is 2.22. The predicted molar refractivity (Wildman–Crippen MR) is 112 cm³/mol. The minimum Gasteiger partial charge on any atom is -0.339 e. The molecule has 2 saturated heterocycles. The number of nitrogens with zero attached hydrogens (tertiary/aromatic N) is 4. The zero-order chi connectivity index (χ0) is 20.1. The van der Waals surface area contributed by atoms with Gasteiger partial charge in [0.2, 0.25) is 0 Å². The number of pyridine rings is 1. The number of hydrogen-bond acceptors (Lipinski definition) is 4. The van der Waals surface area contributed by atoms with Crippen LogP contribution in [0.4, 0.5) is 0 Å².